The lowest BCUT2D eigenvalue weighted by molar-refractivity contribution is 0.0689. The lowest BCUT2D eigenvalue weighted by atomic mass is 10.1. The number of aromatic carboxylic acids is 1. The van der Waals surface area contributed by atoms with Crippen molar-refractivity contribution in [3.05, 3.63) is 63.7 Å². The number of thiophene rings is 1. The molecule has 130 valence electrons. The van der Waals surface area contributed by atoms with Crippen molar-refractivity contribution in [1.82, 2.24) is 20.0 Å². The number of carboxylic acid groups (broad SMARTS) is 1. The van der Waals surface area contributed by atoms with Gasteiger partial charge in [0.25, 0.3) is 11.4 Å². The monoisotopic (exact) mass is 368 g/mol. The van der Waals surface area contributed by atoms with Gasteiger partial charge in [-0.1, -0.05) is 24.3 Å². The summed E-state index contributed by atoms with van der Waals surface area (Å²) in [7, 11) is 0. The van der Waals surface area contributed by atoms with Crippen LogP contribution in [0.4, 0.5) is 0 Å². The third-order valence-corrected chi connectivity index (χ3v) is 4.79. The molecule has 1 N–H and O–H groups in total. The molecule has 0 aliphatic carbocycles. The lowest BCUT2D eigenvalue weighted by Crippen LogP contribution is -2.29. The Morgan fingerprint density at radius 3 is 2.65 bits per heavy atom. The minimum atomic E-state index is -1.22. The van der Waals surface area contributed by atoms with Crippen LogP contribution in [-0.4, -0.2) is 31.1 Å². The molecule has 0 saturated carbocycles. The van der Waals surface area contributed by atoms with Gasteiger partial charge in [0.1, 0.15) is 6.04 Å². The van der Waals surface area contributed by atoms with Gasteiger partial charge in [-0.05, 0) is 24.4 Å². The summed E-state index contributed by atoms with van der Waals surface area (Å²) in [5.41, 5.74) is -0.626. The van der Waals surface area contributed by atoms with Crippen LogP contribution in [0.2, 0.25) is 0 Å². The van der Waals surface area contributed by atoms with Crippen LogP contribution in [0, 0.1) is 0 Å². The number of aromatic nitrogens is 4. The molecule has 0 amide bonds. The first-order valence-corrected chi connectivity index (χ1v) is 8.56. The maximum atomic E-state index is 12.8. The molecule has 26 heavy (non-hydrogen) atoms. The summed E-state index contributed by atoms with van der Waals surface area (Å²) in [6.07, 6.45) is 0. The molecule has 1 atom stereocenters. The van der Waals surface area contributed by atoms with Gasteiger partial charge in [-0.2, -0.15) is 5.10 Å². The normalized spacial score (nSPS) is 12.3. The molecule has 9 heteroatoms. The molecule has 1 aromatic carbocycles. The minimum Gasteiger partial charge on any atom is -0.476 e. The fourth-order valence-corrected chi connectivity index (χ4v) is 3.28. The predicted molar refractivity (Wildman–Crippen MR) is 94.4 cm³/mol. The van der Waals surface area contributed by atoms with E-state index >= 15 is 0 Å². The van der Waals surface area contributed by atoms with E-state index in [1.165, 1.54) is 11.3 Å². The maximum absolute atomic E-state index is 12.8. The van der Waals surface area contributed by atoms with Crippen molar-refractivity contribution in [3.8, 4) is 10.8 Å². The summed E-state index contributed by atoms with van der Waals surface area (Å²) in [4.78, 5) is 25.1. The summed E-state index contributed by atoms with van der Waals surface area (Å²) in [5, 5.41) is 23.9. The van der Waals surface area contributed by atoms with Crippen LogP contribution in [0.5, 0.6) is 0 Å². The van der Waals surface area contributed by atoms with Crippen molar-refractivity contribution in [2.75, 3.05) is 0 Å². The molecule has 0 fully saturated rings. The van der Waals surface area contributed by atoms with Crippen LogP contribution in [0.1, 0.15) is 29.3 Å². The molecule has 8 nitrogen and oxygen atoms in total. The molecule has 0 aliphatic rings. The number of nitrogens with zero attached hydrogens (tertiary/aromatic N) is 4. The number of hydrogen-bond donors (Lipinski definition) is 1. The van der Waals surface area contributed by atoms with Crippen LogP contribution < -0.4 is 5.56 Å². The highest BCUT2D eigenvalue weighted by Crippen LogP contribution is 2.26. The van der Waals surface area contributed by atoms with E-state index in [0.717, 1.165) is 9.56 Å². The van der Waals surface area contributed by atoms with Crippen LogP contribution in [-0.2, 0) is 0 Å². The second-order valence-corrected chi connectivity index (χ2v) is 6.50. The Bertz CT molecular complexity index is 1160. The second-order valence-electron chi connectivity index (χ2n) is 5.55. The third kappa shape index (κ3) is 2.58. The molecular formula is C17H12N4O4S. The lowest BCUT2D eigenvalue weighted by Gasteiger charge is -2.12. The quantitative estimate of drug-likeness (QED) is 0.589. The smallest absolute Gasteiger partial charge is 0.357 e. The first-order valence-electron chi connectivity index (χ1n) is 7.68. The molecular weight excluding hydrogens is 356 g/mol. The zero-order valence-corrected chi connectivity index (χ0v) is 14.3. The molecule has 4 aromatic rings. The number of hydrogen-bond acceptors (Lipinski definition) is 7. The summed E-state index contributed by atoms with van der Waals surface area (Å²) in [6, 6.07) is 9.45. The average molecular weight is 368 g/mol. The highest BCUT2D eigenvalue weighted by atomic mass is 32.1. The second kappa shape index (κ2) is 6.19. The van der Waals surface area contributed by atoms with Gasteiger partial charge >= 0.3 is 5.97 Å². The summed E-state index contributed by atoms with van der Waals surface area (Å²) >= 11 is 1.45. The largest absolute Gasteiger partial charge is 0.476 e. The fraction of sp³-hybridized carbons (Fsp3) is 0.118. The van der Waals surface area contributed by atoms with Gasteiger partial charge in [0.2, 0.25) is 5.89 Å². The van der Waals surface area contributed by atoms with E-state index in [9.17, 15) is 14.7 Å². The van der Waals surface area contributed by atoms with E-state index in [1.807, 2.05) is 17.5 Å². The SMILES string of the molecule is CC(c1nnc(-c2cccs2)o1)n1nc(C(=O)O)c2ccccc2c1=O. The highest BCUT2D eigenvalue weighted by Gasteiger charge is 2.23. The van der Waals surface area contributed by atoms with Gasteiger partial charge in [-0.3, -0.25) is 4.79 Å². The van der Waals surface area contributed by atoms with Crippen molar-refractivity contribution in [2.45, 2.75) is 13.0 Å². The number of carbonyl (C=O) groups is 1. The molecule has 4 rings (SSSR count). The van der Waals surface area contributed by atoms with E-state index in [1.54, 1.807) is 31.2 Å². The van der Waals surface area contributed by atoms with E-state index in [-0.39, 0.29) is 17.0 Å². The average Bonchev–Trinajstić information content (AvgIpc) is 3.33. The molecule has 0 saturated heterocycles. The van der Waals surface area contributed by atoms with Crippen molar-refractivity contribution < 1.29 is 14.3 Å². The number of fused-ring (bicyclic) bond motifs is 1. The molecule has 3 heterocycles. The van der Waals surface area contributed by atoms with E-state index in [0.29, 0.717) is 11.3 Å². The maximum Gasteiger partial charge on any atom is 0.357 e. The Morgan fingerprint density at radius 1 is 1.19 bits per heavy atom. The van der Waals surface area contributed by atoms with Gasteiger partial charge < -0.3 is 9.52 Å². The third-order valence-electron chi connectivity index (χ3n) is 3.93. The van der Waals surface area contributed by atoms with Gasteiger partial charge in [0.15, 0.2) is 5.69 Å². The molecule has 0 spiro atoms. The highest BCUT2D eigenvalue weighted by molar-refractivity contribution is 7.13. The molecule has 0 aliphatic heterocycles. The molecule has 0 bridgehead atoms. The van der Waals surface area contributed by atoms with Gasteiger partial charge in [0.05, 0.1) is 10.3 Å². The fourth-order valence-electron chi connectivity index (χ4n) is 2.63. The first kappa shape index (κ1) is 16.2. The summed E-state index contributed by atoms with van der Waals surface area (Å²) in [5.74, 6) is -0.698. The van der Waals surface area contributed by atoms with Crippen LogP contribution in [0.25, 0.3) is 21.5 Å². The Morgan fingerprint density at radius 2 is 1.96 bits per heavy atom. The minimum absolute atomic E-state index is 0.176. The number of rotatable bonds is 4. The van der Waals surface area contributed by atoms with Crippen LogP contribution in [0.3, 0.4) is 0 Å². The van der Waals surface area contributed by atoms with Crippen LogP contribution >= 0.6 is 11.3 Å². The number of carboxylic acids is 1. The van der Waals surface area contributed by atoms with Crippen LogP contribution in [0.15, 0.2) is 51.0 Å². The number of benzene rings is 1. The summed E-state index contributed by atoms with van der Waals surface area (Å²) < 4.78 is 6.72. The van der Waals surface area contributed by atoms with E-state index < -0.39 is 17.6 Å². The van der Waals surface area contributed by atoms with Gasteiger partial charge in [-0.15, -0.1) is 21.5 Å². The Labute approximate surface area is 150 Å². The molecule has 0 radical (unpaired) electrons. The first-order chi connectivity index (χ1) is 12.6. The van der Waals surface area contributed by atoms with Gasteiger partial charge in [0, 0.05) is 5.39 Å². The van der Waals surface area contributed by atoms with E-state index in [2.05, 4.69) is 15.3 Å². The summed E-state index contributed by atoms with van der Waals surface area (Å²) in [6.45, 7) is 1.65. The van der Waals surface area contributed by atoms with Crippen molar-refractivity contribution in [1.29, 1.82) is 0 Å². The van der Waals surface area contributed by atoms with Gasteiger partial charge in [-0.25, -0.2) is 9.48 Å². The van der Waals surface area contributed by atoms with Crippen molar-refractivity contribution in [3.63, 3.8) is 0 Å². The zero-order chi connectivity index (χ0) is 18.3. The Kier molecular flexibility index (Phi) is 3.85. The van der Waals surface area contributed by atoms with E-state index in [4.69, 9.17) is 4.42 Å². The predicted octanol–water partition coefficient (Wildman–Crippen LogP) is 2.82. The molecule has 1 unspecified atom stereocenters. The topological polar surface area (TPSA) is 111 Å². The molecule has 3 aromatic heterocycles. The van der Waals surface area contributed by atoms with Crippen molar-refractivity contribution >= 4 is 28.1 Å². The standard InChI is InChI=1S/C17H12N4O4S/c1-9(14-18-19-15(25-14)12-7-4-8-26-12)21-16(22)11-6-3-2-5-10(11)13(20-21)17(23)24/h2-9H,1H3,(H,23,24). The zero-order valence-electron chi connectivity index (χ0n) is 13.5. The Hall–Kier alpha value is -3.33. The van der Waals surface area contributed by atoms with Crippen molar-refractivity contribution in [2.24, 2.45) is 0 Å². The Balaban J connectivity index is 1.85.